The molecule has 2 aromatic rings. The first-order chi connectivity index (χ1) is 12.5. The molecule has 1 aliphatic heterocycles. The van der Waals surface area contributed by atoms with Crippen molar-refractivity contribution in [1.29, 1.82) is 0 Å². The van der Waals surface area contributed by atoms with Crippen molar-refractivity contribution in [3.8, 4) is 0 Å². The minimum absolute atomic E-state index is 0.0212. The Kier molecular flexibility index (Phi) is 5.52. The number of amides is 2. The number of carbonyl (C=O) groups is 2. The highest BCUT2D eigenvalue weighted by Crippen LogP contribution is 2.19. The highest BCUT2D eigenvalue weighted by atomic mass is 35.5. The van der Waals surface area contributed by atoms with Gasteiger partial charge < -0.3 is 20.9 Å². The fourth-order valence-electron chi connectivity index (χ4n) is 2.74. The highest BCUT2D eigenvalue weighted by molar-refractivity contribution is 6.30. The maximum Gasteiger partial charge on any atom is 0.274 e. The first-order valence-electron chi connectivity index (χ1n) is 8.17. The molecule has 0 unspecified atom stereocenters. The average molecular weight is 375 g/mol. The van der Waals surface area contributed by atoms with E-state index in [4.69, 9.17) is 17.3 Å². The van der Waals surface area contributed by atoms with E-state index in [2.05, 4.69) is 20.2 Å². The van der Waals surface area contributed by atoms with Crippen molar-refractivity contribution < 1.29 is 9.59 Å². The van der Waals surface area contributed by atoms with Crippen LogP contribution in [0.15, 0.2) is 36.7 Å². The Hall–Kier alpha value is -2.87. The van der Waals surface area contributed by atoms with Crippen LogP contribution >= 0.6 is 11.6 Å². The highest BCUT2D eigenvalue weighted by Gasteiger charge is 2.22. The van der Waals surface area contributed by atoms with E-state index in [9.17, 15) is 9.59 Å². The third-order valence-corrected chi connectivity index (χ3v) is 4.42. The van der Waals surface area contributed by atoms with Gasteiger partial charge in [0.2, 0.25) is 5.91 Å². The summed E-state index contributed by atoms with van der Waals surface area (Å²) in [6.07, 6.45) is 2.78. The van der Waals surface area contributed by atoms with Crippen LogP contribution in [0.25, 0.3) is 0 Å². The van der Waals surface area contributed by atoms with Gasteiger partial charge in [0, 0.05) is 49.3 Å². The topological polar surface area (TPSA) is 104 Å². The predicted octanol–water partition coefficient (Wildman–Crippen LogP) is 0.791. The smallest absolute Gasteiger partial charge is 0.274 e. The summed E-state index contributed by atoms with van der Waals surface area (Å²) < 4.78 is 0. The number of nitrogens with zero attached hydrogens (tertiary/aromatic N) is 4. The van der Waals surface area contributed by atoms with E-state index in [0.29, 0.717) is 18.1 Å². The van der Waals surface area contributed by atoms with Gasteiger partial charge in [0.05, 0.1) is 6.54 Å². The summed E-state index contributed by atoms with van der Waals surface area (Å²) in [5, 5.41) is 3.24. The molecule has 2 amide bonds. The Labute approximate surface area is 156 Å². The van der Waals surface area contributed by atoms with E-state index in [1.54, 1.807) is 4.90 Å². The van der Waals surface area contributed by atoms with Gasteiger partial charge in [0.1, 0.15) is 0 Å². The van der Waals surface area contributed by atoms with E-state index in [1.165, 1.54) is 12.4 Å². The lowest BCUT2D eigenvalue weighted by atomic mass is 10.2. The van der Waals surface area contributed by atoms with Crippen molar-refractivity contribution in [3.05, 3.63) is 47.4 Å². The number of anilines is 2. The zero-order chi connectivity index (χ0) is 18.5. The van der Waals surface area contributed by atoms with Gasteiger partial charge in [-0.25, -0.2) is 9.97 Å². The number of aromatic nitrogens is 2. The van der Waals surface area contributed by atoms with Crippen LogP contribution in [0.1, 0.15) is 10.5 Å². The molecular formula is C17H19ClN6O2. The molecule has 3 rings (SSSR count). The van der Waals surface area contributed by atoms with Gasteiger partial charge in [-0.15, -0.1) is 0 Å². The summed E-state index contributed by atoms with van der Waals surface area (Å²) in [5.74, 6) is -0.616. The number of nitrogens with one attached hydrogen (secondary N) is 1. The third-order valence-electron chi connectivity index (χ3n) is 4.17. The van der Waals surface area contributed by atoms with Gasteiger partial charge in [0.25, 0.3) is 5.91 Å². The van der Waals surface area contributed by atoms with Gasteiger partial charge in [-0.3, -0.25) is 9.59 Å². The van der Waals surface area contributed by atoms with Crippen LogP contribution in [0, 0.1) is 0 Å². The summed E-state index contributed by atoms with van der Waals surface area (Å²) in [6.45, 7) is 2.52. The molecule has 8 nitrogen and oxygen atoms in total. The van der Waals surface area contributed by atoms with E-state index in [0.717, 1.165) is 18.8 Å². The average Bonchev–Trinajstić information content (AvgIpc) is 2.67. The Morgan fingerprint density at radius 3 is 2.38 bits per heavy atom. The van der Waals surface area contributed by atoms with Crippen molar-refractivity contribution >= 4 is 34.9 Å². The molecule has 1 aliphatic rings. The molecule has 1 saturated heterocycles. The van der Waals surface area contributed by atoms with Gasteiger partial charge >= 0.3 is 0 Å². The first-order valence-corrected chi connectivity index (χ1v) is 8.55. The second kappa shape index (κ2) is 8.01. The summed E-state index contributed by atoms with van der Waals surface area (Å²) in [4.78, 5) is 36.0. The number of benzene rings is 1. The lowest BCUT2D eigenvalue weighted by molar-refractivity contribution is -0.130. The molecule has 1 fully saturated rings. The molecule has 0 saturated carbocycles. The van der Waals surface area contributed by atoms with Crippen LogP contribution in [0.5, 0.6) is 0 Å². The van der Waals surface area contributed by atoms with Gasteiger partial charge in [0.15, 0.2) is 11.5 Å². The summed E-state index contributed by atoms with van der Waals surface area (Å²) >= 11 is 5.91. The summed E-state index contributed by atoms with van der Waals surface area (Å²) in [7, 11) is 0. The van der Waals surface area contributed by atoms with Crippen LogP contribution < -0.4 is 16.0 Å². The fraction of sp³-hybridized carbons (Fsp3) is 0.294. The fourth-order valence-corrected chi connectivity index (χ4v) is 2.87. The second-order valence-electron chi connectivity index (χ2n) is 5.82. The molecule has 0 radical (unpaired) electrons. The van der Waals surface area contributed by atoms with Crippen LogP contribution in [-0.4, -0.2) is 59.4 Å². The lowest BCUT2D eigenvalue weighted by Gasteiger charge is -2.36. The third kappa shape index (κ3) is 4.20. The van der Waals surface area contributed by atoms with Gasteiger partial charge in [-0.1, -0.05) is 11.6 Å². The number of hydrogen-bond donors (Lipinski definition) is 2. The number of halogens is 1. The normalized spacial score (nSPS) is 14.2. The molecule has 26 heavy (non-hydrogen) atoms. The molecule has 136 valence electrons. The molecule has 0 bridgehead atoms. The first kappa shape index (κ1) is 17.9. The standard InChI is InChI=1S/C17H19ClN6O2/c18-12-1-3-13(4-2-12)23-7-9-24(10-8-23)14(25)11-22-17(26)15-16(19)21-6-5-20-15/h1-6H,7-11H2,(H2,19,21)(H,22,26). The predicted molar refractivity (Wildman–Crippen MR) is 99.0 cm³/mol. The van der Waals surface area contributed by atoms with Gasteiger partial charge in [-0.05, 0) is 24.3 Å². The molecule has 0 aliphatic carbocycles. The van der Waals surface area contributed by atoms with Crippen molar-refractivity contribution in [2.24, 2.45) is 0 Å². The van der Waals surface area contributed by atoms with Crippen LogP contribution in [0.2, 0.25) is 5.02 Å². The zero-order valence-corrected chi connectivity index (χ0v) is 14.8. The van der Waals surface area contributed by atoms with Crippen molar-refractivity contribution in [2.75, 3.05) is 43.4 Å². The largest absolute Gasteiger partial charge is 0.382 e. The lowest BCUT2D eigenvalue weighted by Crippen LogP contribution is -2.51. The SMILES string of the molecule is Nc1nccnc1C(=O)NCC(=O)N1CCN(c2ccc(Cl)cc2)CC1. The maximum atomic E-state index is 12.3. The Morgan fingerprint density at radius 2 is 1.73 bits per heavy atom. The van der Waals surface area contributed by atoms with Crippen molar-refractivity contribution in [1.82, 2.24) is 20.2 Å². The molecule has 2 heterocycles. The van der Waals surface area contributed by atoms with E-state index in [1.807, 2.05) is 24.3 Å². The molecule has 3 N–H and O–H groups in total. The Morgan fingerprint density at radius 1 is 1.08 bits per heavy atom. The second-order valence-corrected chi connectivity index (χ2v) is 6.25. The van der Waals surface area contributed by atoms with Crippen LogP contribution in [0.3, 0.4) is 0 Å². The Bertz CT molecular complexity index is 790. The number of carbonyl (C=O) groups excluding carboxylic acids is 2. The summed E-state index contributed by atoms with van der Waals surface area (Å²) in [5.41, 5.74) is 6.70. The number of piperazine rings is 1. The maximum absolute atomic E-state index is 12.3. The molecule has 9 heteroatoms. The van der Waals surface area contributed by atoms with E-state index >= 15 is 0 Å². The van der Waals surface area contributed by atoms with Crippen molar-refractivity contribution in [2.45, 2.75) is 0 Å². The molecule has 1 aromatic heterocycles. The molecule has 1 aromatic carbocycles. The van der Waals surface area contributed by atoms with E-state index in [-0.39, 0.29) is 24.0 Å². The minimum atomic E-state index is -0.510. The molecule has 0 atom stereocenters. The number of nitrogens with two attached hydrogens (primary N) is 1. The van der Waals surface area contributed by atoms with Crippen LogP contribution in [-0.2, 0) is 4.79 Å². The number of nitrogen functional groups attached to an aromatic ring is 1. The number of hydrogen-bond acceptors (Lipinski definition) is 6. The van der Waals surface area contributed by atoms with Gasteiger partial charge in [-0.2, -0.15) is 0 Å². The monoisotopic (exact) mass is 374 g/mol. The number of rotatable bonds is 4. The molecular weight excluding hydrogens is 356 g/mol. The Balaban J connectivity index is 1.48. The molecule has 0 spiro atoms. The summed E-state index contributed by atoms with van der Waals surface area (Å²) in [6, 6.07) is 7.63. The van der Waals surface area contributed by atoms with Crippen LogP contribution in [0.4, 0.5) is 11.5 Å². The minimum Gasteiger partial charge on any atom is -0.382 e. The van der Waals surface area contributed by atoms with E-state index < -0.39 is 5.91 Å². The van der Waals surface area contributed by atoms with Crippen molar-refractivity contribution in [3.63, 3.8) is 0 Å². The zero-order valence-electron chi connectivity index (χ0n) is 14.1. The quantitative estimate of drug-likeness (QED) is 0.819.